The number of quaternary nitrogens is 1. The first-order valence-electron chi connectivity index (χ1n) is 6.77. The standard InChI is InChI=1S/C11H10N4OS3.C2HF3O2/c1-17-11-14-6-3-2-5-8(9(6)19-11)18-10(13-5)15-7(16)4-12;3-2(4,5)1(6)7/h2-3H,4,12H2,1H3,(H,13,15,16);(H,6,7). The predicted octanol–water partition coefficient (Wildman–Crippen LogP) is 1.11. The van der Waals surface area contributed by atoms with Gasteiger partial charge in [-0.15, -0.1) is 11.3 Å². The third-order valence-electron chi connectivity index (χ3n) is 2.77. The number of alkyl halides is 3. The van der Waals surface area contributed by atoms with Gasteiger partial charge >= 0.3 is 6.18 Å². The summed E-state index contributed by atoms with van der Waals surface area (Å²) < 4.78 is 34.8. The van der Waals surface area contributed by atoms with Crippen LogP contribution in [0.1, 0.15) is 0 Å². The van der Waals surface area contributed by atoms with E-state index in [0.29, 0.717) is 5.13 Å². The molecule has 140 valence electrons. The van der Waals surface area contributed by atoms with Crippen molar-refractivity contribution in [1.29, 1.82) is 0 Å². The number of carboxylic acid groups (broad SMARTS) is 1. The molecule has 1 aromatic carbocycles. The Hall–Kier alpha value is -1.96. The molecule has 4 N–H and O–H groups in total. The summed E-state index contributed by atoms with van der Waals surface area (Å²) in [5, 5.41) is 12.2. The van der Waals surface area contributed by atoms with Crippen molar-refractivity contribution in [2.24, 2.45) is 0 Å². The van der Waals surface area contributed by atoms with Crippen LogP contribution in [-0.4, -0.2) is 40.8 Å². The third-order valence-corrected chi connectivity index (χ3v) is 5.98. The molecule has 0 radical (unpaired) electrons. The monoisotopic (exact) mass is 424 g/mol. The van der Waals surface area contributed by atoms with Gasteiger partial charge in [-0.25, -0.2) is 9.97 Å². The van der Waals surface area contributed by atoms with Crippen LogP contribution in [0.15, 0.2) is 16.5 Å². The first-order valence-corrected chi connectivity index (χ1v) is 9.62. The molecule has 0 aliphatic carbocycles. The fourth-order valence-electron chi connectivity index (χ4n) is 1.68. The van der Waals surface area contributed by atoms with Gasteiger partial charge < -0.3 is 15.6 Å². The Morgan fingerprint density at radius 2 is 1.77 bits per heavy atom. The molecule has 2 aromatic heterocycles. The van der Waals surface area contributed by atoms with Gasteiger partial charge in [0, 0.05) is 0 Å². The molecule has 0 spiro atoms. The highest BCUT2D eigenvalue weighted by molar-refractivity contribution is 8.00. The quantitative estimate of drug-likeness (QED) is 0.607. The molecule has 0 aliphatic rings. The van der Waals surface area contributed by atoms with Crippen molar-refractivity contribution in [3.05, 3.63) is 12.1 Å². The second kappa shape index (κ2) is 8.16. The Balaban J connectivity index is 0.000000298. The van der Waals surface area contributed by atoms with Crippen LogP contribution in [0.5, 0.6) is 0 Å². The lowest BCUT2D eigenvalue weighted by molar-refractivity contribution is -0.353. The van der Waals surface area contributed by atoms with Gasteiger partial charge in [-0.3, -0.25) is 10.1 Å². The lowest BCUT2D eigenvalue weighted by atomic mass is 10.3. The van der Waals surface area contributed by atoms with Crippen LogP contribution in [-0.2, 0) is 9.59 Å². The number of anilines is 1. The summed E-state index contributed by atoms with van der Waals surface area (Å²) in [5.41, 5.74) is 5.44. The molecule has 0 saturated carbocycles. The predicted molar refractivity (Wildman–Crippen MR) is 92.0 cm³/mol. The fourth-order valence-corrected chi connectivity index (χ4v) is 4.35. The van der Waals surface area contributed by atoms with Crippen LogP contribution in [0.3, 0.4) is 0 Å². The molecule has 1 amide bonds. The van der Waals surface area contributed by atoms with Gasteiger partial charge in [-0.2, -0.15) is 13.2 Å². The average molecular weight is 424 g/mol. The number of nitrogens with one attached hydrogen (secondary N) is 1. The largest absolute Gasteiger partial charge is 0.542 e. The van der Waals surface area contributed by atoms with Crippen molar-refractivity contribution in [3.63, 3.8) is 0 Å². The van der Waals surface area contributed by atoms with Crippen molar-refractivity contribution < 1.29 is 33.6 Å². The number of hydrogen-bond acceptors (Lipinski definition) is 8. The van der Waals surface area contributed by atoms with Crippen molar-refractivity contribution in [2.75, 3.05) is 18.1 Å². The van der Waals surface area contributed by atoms with Crippen LogP contribution in [0.4, 0.5) is 18.3 Å². The molecule has 3 aromatic rings. The van der Waals surface area contributed by atoms with E-state index < -0.39 is 12.1 Å². The Bertz CT molecular complexity index is 955. The van der Waals surface area contributed by atoms with Crippen LogP contribution in [0.25, 0.3) is 20.4 Å². The van der Waals surface area contributed by atoms with E-state index in [-0.39, 0.29) is 12.5 Å². The Morgan fingerprint density at radius 3 is 2.27 bits per heavy atom. The summed E-state index contributed by atoms with van der Waals surface area (Å²) in [4.78, 5) is 29.1. The molecule has 13 heteroatoms. The molecule has 0 atom stereocenters. The lowest BCUT2D eigenvalue weighted by Gasteiger charge is -2.03. The van der Waals surface area contributed by atoms with Crippen LogP contribution in [0, 0.1) is 0 Å². The molecule has 26 heavy (non-hydrogen) atoms. The number of carboxylic acids is 1. The number of benzene rings is 1. The van der Waals surface area contributed by atoms with Gasteiger partial charge in [0.1, 0.15) is 5.97 Å². The highest BCUT2D eigenvalue weighted by atomic mass is 32.2. The van der Waals surface area contributed by atoms with E-state index in [4.69, 9.17) is 9.90 Å². The molecule has 2 heterocycles. The molecule has 0 bridgehead atoms. The zero-order chi connectivity index (χ0) is 19.5. The van der Waals surface area contributed by atoms with Crippen LogP contribution in [0.2, 0.25) is 0 Å². The molecule has 3 rings (SSSR count). The number of halogens is 3. The second-order valence-electron chi connectivity index (χ2n) is 4.55. The summed E-state index contributed by atoms with van der Waals surface area (Å²) >= 11 is 4.78. The van der Waals surface area contributed by atoms with Crippen LogP contribution < -0.4 is 16.2 Å². The van der Waals surface area contributed by atoms with E-state index in [1.54, 1.807) is 23.1 Å². The minimum absolute atomic E-state index is 0.121. The van der Waals surface area contributed by atoms with Gasteiger partial charge in [0.15, 0.2) is 16.0 Å². The van der Waals surface area contributed by atoms with Crippen molar-refractivity contribution in [1.82, 2.24) is 9.97 Å². The normalized spacial score (nSPS) is 11.3. The molecular weight excluding hydrogens is 413 g/mol. The zero-order valence-electron chi connectivity index (χ0n) is 13.0. The molecule has 0 saturated heterocycles. The molecule has 0 unspecified atom stereocenters. The minimum Gasteiger partial charge on any atom is -0.542 e. The first-order chi connectivity index (χ1) is 12.2. The van der Waals surface area contributed by atoms with Gasteiger partial charge in [0.05, 0.1) is 20.4 Å². The SMILES string of the molecule is CSc1nc2ccc3nc(NC(=O)C[NH3+])sc3c2s1.O=C([O-])C(F)(F)F. The number of aromatic nitrogens is 2. The Kier molecular flexibility index (Phi) is 6.39. The number of carbonyl (C=O) groups excluding carboxylic acids is 2. The number of carbonyl (C=O) groups is 2. The van der Waals surface area contributed by atoms with Crippen molar-refractivity contribution in [2.45, 2.75) is 10.5 Å². The average Bonchev–Trinajstić information content (AvgIpc) is 3.16. The van der Waals surface area contributed by atoms with Gasteiger partial charge in [0.25, 0.3) is 5.91 Å². The summed E-state index contributed by atoms with van der Waals surface area (Å²) in [7, 11) is 0. The number of fused-ring (bicyclic) bond motifs is 3. The van der Waals surface area contributed by atoms with Crippen LogP contribution >= 0.6 is 34.4 Å². The number of thiazole rings is 2. The van der Waals surface area contributed by atoms with E-state index in [9.17, 15) is 18.0 Å². The van der Waals surface area contributed by atoms with Crippen molar-refractivity contribution >= 4 is 71.9 Å². The maximum atomic E-state index is 11.4. The third kappa shape index (κ3) is 4.81. The van der Waals surface area contributed by atoms with Gasteiger partial charge in [-0.1, -0.05) is 23.1 Å². The van der Waals surface area contributed by atoms with Gasteiger partial charge in [-0.05, 0) is 18.4 Å². The first kappa shape index (κ1) is 20.4. The smallest absolute Gasteiger partial charge is 0.430 e. The van der Waals surface area contributed by atoms with E-state index >= 15 is 0 Å². The molecule has 0 fully saturated rings. The highest BCUT2D eigenvalue weighted by Gasteiger charge is 2.28. The van der Waals surface area contributed by atoms with E-state index in [1.165, 1.54) is 11.3 Å². The number of amides is 1. The van der Waals surface area contributed by atoms with E-state index in [2.05, 4.69) is 21.0 Å². The van der Waals surface area contributed by atoms with Gasteiger partial charge in [0.2, 0.25) is 0 Å². The minimum atomic E-state index is -5.19. The maximum absolute atomic E-state index is 11.4. The van der Waals surface area contributed by atoms with Crippen molar-refractivity contribution in [3.8, 4) is 0 Å². The number of hydrogen-bond donors (Lipinski definition) is 2. The van der Waals surface area contributed by atoms with E-state index in [0.717, 1.165) is 24.8 Å². The second-order valence-corrected chi connectivity index (χ2v) is 7.60. The maximum Gasteiger partial charge on any atom is 0.430 e. The molecule has 7 nitrogen and oxygen atoms in total. The number of rotatable bonds is 3. The summed E-state index contributed by atoms with van der Waals surface area (Å²) in [6.07, 6.45) is -3.18. The number of aliphatic carboxylic acids is 1. The molecule has 0 aliphatic heterocycles. The number of thioether (sulfide) groups is 1. The zero-order valence-corrected chi connectivity index (χ0v) is 15.5. The number of nitrogens with zero attached hydrogens (tertiary/aromatic N) is 2. The lowest BCUT2D eigenvalue weighted by Crippen LogP contribution is -2.55. The fraction of sp³-hybridized carbons (Fsp3) is 0.231. The topological polar surface area (TPSA) is 123 Å². The molecular formula is C13H11F3N4O3S3. The summed E-state index contributed by atoms with van der Waals surface area (Å²) in [6, 6.07) is 3.92. The Labute approximate surface area is 156 Å². The highest BCUT2D eigenvalue weighted by Crippen LogP contribution is 2.37. The summed E-state index contributed by atoms with van der Waals surface area (Å²) in [6.45, 7) is 0.211. The summed E-state index contributed by atoms with van der Waals surface area (Å²) in [5.74, 6) is -3.13. The van der Waals surface area contributed by atoms with E-state index in [1.807, 2.05) is 18.4 Å². The Morgan fingerprint density at radius 1 is 1.23 bits per heavy atom.